The van der Waals surface area contributed by atoms with Crippen LogP contribution in [0, 0.1) is 0 Å². The van der Waals surface area contributed by atoms with Crippen LogP contribution in [0.1, 0.15) is 44.3 Å². The zero-order chi connectivity index (χ0) is 14.2. The van der Waals surface area contributed by atoms with Crippen LogP contribution in [0.2, 0.25) is 0 Å². The van der Waals surface area contributed by atoms with Crippen molar-refractivity contribution in [2.75, 3.05) is 0 Å². The maximum absolute atomic E-state index is 10.2. The molecular weight excluding hydrogens is 248 g/mol. The Balaban J connectivity index is 2.00. The number of para-hydroxylation sites is 1. The highest BCUT2D eigenvalue weighted by Crippen LogP contribution is 2.26. The van der Waals surface area contributed by atoms with Gasteiger partial charge in [-0.1, -0.05) is 56.5 Å². The molecule has 0 unspecified atom stereocenters. The Morgan fingerprint density at radius 2 is 1.70 bits per heavy atom. The van der Waals surface area contributed by atoms with Gasteiger partial charge in [-0.05, 0) is 36.2 Å². The molecule has 0 aliphatic rings. The van der Waals surface area contributed by atoms with E-state index in [2.05, 4.69) is 6.92 Å². The first kappa shape index (κ1) is 14.6. The lowest BCUT2D eigenvalue weighted by Gasteiger charge is -2.12. The van der Waals surface area contributed by atoms with Gasteiger partial charge in [-0.3, -0.25) is 0 Å². The third-order valence-electron chi connectivity index (χ3n) is 3.30. The van der Waals surface area contributed by atoms with Crippen LogP contribution in [-0.4, -0.2) is 5.11 Å². The van der Waals surface area contributed by atoms with E-state index in [9.17, 15) is 5.11 Å². The predicted octanol–water partition coefficient (Wildman–Crippen LogP) is 5.09. The number of hydrogen-bond donors (Lipinski definition) is 1. The Morgan fingerprint density at radius 3 is 2.45 bits per heavy atom. The zero-order valence-corrected chi connectivity index (χ0v) is 12.0. The lowest BCUT2D eigenvalue weighted by Crippen LogP contribution is -1.97. The summed E-state index contributed by atoms with van der Waals surface area (Å²) in [5.74, 6) is 1.58. The van der Waals surface area contributed by atoms with Gasteiger partial charge in [0.15, 0.2) is 0 Å². The van der Waals surface area contributed by atoms with E-state index in [0.29, 0.717) is 0 Å². The van der Waals surface area contributed by atoms with Crippen molar-refractivity contribution in [2.45, 2.75) is 38.7 Å². The first-order valence-electron chi connectivity index (χ1n) is 7.30. The van der Waals surface area contributed by atoms with E-state index in [4.69, 9.17) is 4.74 Å². The van der Waals surface area contributed by atoms with Gasteiger partial charge in [0, 0.05) is 0 Å². The summed E-state index contributed by atoms with van der Waals surface area (Å²) in [6.45, 7) is 2.17. The third kappa shape index (κ3) is 4.39. The van der Waals surface area contributed by atoms with Gasteiger partial charge in [-0.2, -0.15) is 0 Å². The van der Waals surface area contributed by atoms with E-state index >= 15 is 0 Å². The minimum Gasteiger partial charge on any atom is -0.457 e. The first-order chi connectivity index (χ1) is 9.79. The Bertz CT molecular complexity index is 508. The molecule has 0 aliphatic carbocycles. The summed E-state index contributed by atoms with van der Waals surface area (Å²) in [4.78, 5) is 0. The van der Waals surface area contributed by atoms with Crippen molar-refractivity contribution < 1.29 is 9.84 Å². The number of rotatable bonds is 7. The number of aliphatic hydroxyl groups is 1. The Labute approximate surface area is 121 Å². The normalized spacial score (nSPS) is 12.1. The molecule has 1 atom stereocenters. The number of hydrogen-bond acceptors (Lipinski definition) is 2. The van der Waals surface area contributed by atoms with Gasteiger partial charge in [0.1, 0.15) is 11.5 Å². The van der Waals surface area contributed by atoms with Crippen LogP contribution >= 0.6 is 0 Å². The highest BCUT2D eigenvalue weighted by molar-refractivity contribution is 5.34. The van der Waals surface area contributed by atoms with Gasteiger partial charge in [-0.15, -0.1) is 0 Å². The summed E-state index contributed by atoms with van der Waals surface area (Å²) in [6.07, 6.45) is 3.80. The standard InChI is InChI=1S/C18H22O2/c1-2-3-5-13-18(19)15-9-8-12-17(14-15)20-16-10-6-4-7-11-16/h4,6-12,14,18-19H,2-3,5,13H2,1H3/t18-/m1/s1. The molecule has 0 spiro atoms. The molecule has 0 radical (unpaired) electrons. The van der Waals surface area contributed by atoms with Crippen LogP contribution in [0.5, 0.6) is 11.5 Å². The minimum atomic E-state index is -0.402. The molecule has 0 amide bonds. The van der Waals surface area contributed by atoms with E-state index in [-0.39, 0.29) is 0 Å². The fourth-order valence-corrected chi connectivity index (χ4v) is 2.16. The monoisotopic (exact) mass is 270 g/mol. The van der Waals surface area contributed by atoms with Crippen molar-refractivity contribution >= 4 is 0 Å². The summed E-state index contributed by atoms with van der Waals surface area (Å²) >= 11 is 0. The van der Waals surface area contributed by atoms with Crippen LogP contribution in [0.4, 0.5) is 0 Å². The summed E-state index contributed by atoms with van der Waals surface area (Å²) < 4.78 is 5.78. The van der Waals surface area contributed by atoms with Crippen molar-refractivity contribution in [2.24, 2.45) is 0 Å². The fourth-order valence-electron chi connectivity index (χ4n) is 2.16. The molecular formula is C18H22O2. The first-order valence-corrected chi connectivity index (χ1v) is 7.30. The molecule has 0 aliphatic heterocycles. The Morgan fingerprint density at radius 1 is 0.950 bits per heavy atom. The summed E-state index contributed by atoms with van der Waals surface area (Å²) in [6, 6.07) is 17.4. The molecule has 1 N–H and O–H groups in total. The van der Waals surface area contributed by atoms with Crippen LogP contribution in [0.3, 0.4) is 0 Å². The Hall–Kier alpha value is -1.80. The molecule has 106 valence electrons. The van der Waals surface area contributed by atoms with E-state index in [1.165, 1.54) is 6.42 Å². The molecule has 0 bridgehead atoms. The number of ether oxygens (including phenoxy) is 1. The van der Waals surface area contributed by atoms with Gasteiger partial charge in [-0.25, -0.2) is 0 Å². The molecule has 2 heteroatoms. The van der Waals surface area contributed by atoms with Crippen LogP contribution in [-0.2, 0) is 0 Å². The van der Waals surface area contributed by atoms with Crippen LogP contribution < -0.4 is 4.74 Å². The predicted molar refractivity (Wildman–Crippen MR) is 82.1 cm³/mol. The second-order valence-corrected chi connectivity index (χ2v) is 5.00. The molecule has 0 saturated heterocycles. The molecule has 2 rings (SSSR count). The highest BCUT2D eigenvalue weighted by Gasteiger charge is 2.08. The number of unbranched alkanes of at least 4 members (excludes halogenated alkanes) is 2. The van der Waals surface area contributed by atoms with E-state index in [1.807, 2.05) is 54.6 Å². The van der Waals surface area contributed by atoms with Crippen molar-refractivity contribution in [1.82, 2.24) is 0 Å². The SMILES string of the molecule is CCCCC[C@@H](O)c1cccc(Oc2ccccc2)c1. The molecule has 2 aromatic rings. The van der Waals surface area contributed by atoms with E-state index in [0.717, 1.165) is 36.3 Å². The van der Waals surface area contributed by atoms with Gasteiger partial charge < -0.3 is 9.84 Å². The summed E-state index contributed by atoms with van der Waals surface area (Å²) in [7, 11) is 0. The third-order valence-corrected chi connectivity index (χ3v) is 3.30. The molecule has 20 heavy (non-hydrogen) atoms. The average molecular weight is 270 g/mol. The summed E-state index contributed by atoms with van der Waals surface area (Å²) in [5, 5.41) is 10.2. The molecule has 0 aromatic heterocycles. The van der Waals surface area contributed by atoms with E-state index in [1.54, 1.807) is 0 Å². The van der Waals surface area contributed by atoms with Crippen molar-refractivity contribution in [3.05, 3.63) is 60.2 Å². The van der Waals surface area contributed by atoms with Crippen LogP contribution in [0.15, 0.2) is 54.6 Å². The summed E-state index contributed by atoms with van der Waals surface area (Å²) in [5.41, 5.74) is 0.925. The second kappa shape index (κ2) is 7.71. The lowest BCUT2D eigenvalue weighted by molar-refractivity contribution is 0.163. The minimum absolute atomic E-state index is 0.402. The molecule has 0 heterocycles. The average Bonchev–Trinajstić information content (AvgIpc) is 2.49. The Kier molecular flexibility index (Phi) is 5.63. The molecule has 2 aromatic carbocycles. The number of benzene rings is 2. The maximum atomic E-state index is 10.2. The van der Waals surface area contributed by atoms with Gasteiger partial charge in [0.05, 0.1) is 6.10 Å². The van der Waals surface area contributed by atoms with Crippen molar-refractivity contribution in [3.8, 4) is 11.5 Å². The maximum Gasteiger partial charge on any atom is 0.127 e. The molecule has 0 fully saturated rings. The quantitative estimate of drug-likeness (QED) is 0.710. The number of aliphatic hydroxyl groups excluding tert-OH is 1. The second-order valence-electron chi connectivity index (χ2n) is 5.00. The zero-order valence-electron chi connectivity index (χ0n) is 12.0. The molecule has 2 nitrogen and oxygen atoms in total. The highest BCUT2D eigenvalue weighted by atomic mass is 16.5. The molecule has 0 saturated carbocycles. The van der Waals surface area contributed by atoms with Gasteiger partial charge >= 0.3 is 0 Å². The fraction of sp³-hybridized carbons (Fsp3) is 0.333. The van der Waals surface area contributed by atoms with Gasteiger partial charge in [0.25, 0.3) is 0 Å². The smallest absolute Gasteiger partial charge is 0.127 e. The largest absolute Gasteiger partial charge is 0.457 e. The van der Waals surface area contributed by atoms with E-state index < -0.39 is 6.10 Å². The lowest BCUT2D eigenvalue weighted by atomic mass is 10.0. The van der Waals surface area contributed by atoms with Crippen molar-refractivity contribution in [1.29, 1.82) is 0 Å². The van der Waals surface area contributed by atoms with Gasteiger partial charge in [0.2, 0.25) is 0 Å². The topological polar surface area (TPSA) is 29.5 Å². The van der Waals surface area contributed by atoms with Crippen LogP contribution in [0.25, 0.3) is 0 Å². The van der Waals surface area contributed by atoms with Crippen molar-refractivity contribution in [3.63, 3.8) is 0 Å².